The van der Waals surface area contributed by atoms with E-state index in [2.05, 4.69) is 4.90 Å². The lowest BCUT2D eigenvalue weighted by molar-refractivity contribution is -0.193. The highest BCUT2D eigenvalue weighted by molar-refractivity contribution is 5.89. The van der Waals surface area contributed by atoms with Crippen molar-refractivity contribution in [2.75, 3.05) is 13.6 Å². The van der Waals surface area contributed by atoms with Crippen molar-refractivity contribution in [2.24, 2.45) is 0 Å². The Kier molecular flexibility index (Phi) is 6.82. The monoisotopic (exact) mass is 559 g/mol. The maximum Gasteiger partial charge on any atom is 0.357 e. The van der Waals surface area contributed by atoms with E-state index < -0.39 is 59.3 Å². The van der Waals surface area contributed by atoms with Crippen molar-refractivity contribution in [1.29, 1.82) is 0 Å². The molecule has 4 aliphatic rings. The van der Waals surface area contributed by atoms with Gasteiger partial charge in [0.2, 0.25) is 12.2 Å². The number of hydrogen-bond acceptors (Lipinski definition) is 12. The fourth-order valence-corrected chi connectivity index (χ4v) is 6.74. The number of aromatic hydroxyl groups is 1. The summed E-state index contributed by atoms with van der Waals surface area (Å²) in [4.78, 5) is 52.1. The van der Waals surface area contributed by atoms with Crippen LogP contribution in [0.1, 0.15) is 51.7 Å². The molecule has 5 rings (SSSR count). The Morgan fingerprint density at radius 1 is 1.05 bits per heavy atom. The number of ether oxygens (including phenoxy) is 5. The first-order chi connectivity index (χ1) is 18.8. The largest absolute Gasteiger partial charge is 0.504 e. The molecular formula is C28H33NO11. The number of aliphatic hydroxyl groups is 1. The van der Waals surface area contributed by atoms with E-state index in [4.69, 9.17) is 23.7 Å². The number of hydrogen-bond donors (Lipinski definition) is 2. The Bertz CT molecular complexity index is 1310. The van der Waals surface area contributed by atoms with Crippen molar-refractivity contribution < 1.29 is 53.1 Å². The van der Waals surface area contributed by atoms with E-state index in [1.807, 2.05) is 13.1 Å². The van der Waals surface area contributed by atoms with Crippen LogP contribution in [0.2, 0.25) is 0 Å². The fraction of sp³-hybridized carbons (Fsp3) is 0.571. The molecule has 1 spiro atoms. The summed E-state index contributed by atoms with van der Waals surface area (Å²) in [5.41, 5.74) is -0.698. The van der Waals surface area contributed by atoms with Crippen LogP contribution >= 0.6 is 0 Å². The molecule has 40 heavy (non-hydrogen) atoms. The second-order valence-electron chi connectivity index (χ2n) is 11.1. The third-order valence-corrected chi connectivity index (χ3v) is 8.25. The number of likely N-dealkylation sites (N-methyl/N-ethyl adjacent to an activating group) is 1. The third-order valence-electron chi connectivity index (χ3n) is 8.25. The van der Waals surface area contributed by atoms with Crippen molar-refractivity contribution in [3.63, 3.8) is 0 Å². The second kappa shape index (κ2) is 9.77. The molecule has 2 bridgehead atoms. The van der Waals surface area contributed by atoms with Crippen molar-refractivity contribution in [3.05, 3.63) is 35.1 Å². The first kappa shape index (κ1) is 27.9. The van der Waals surface area contributed by atoms with Crippen LogP contribution in [-0.4, -0.2) is 88.6 Å². The number of carbonyl (C=O) groups is 4. The molecule has 6 atom stereocenters. The molecule has 2 heterocycles. The number of likely N-dealkylation sites (tertiary alicyclic amines) is 1. The lowest BCUT2D eigenvalue weighted by Crippen LogP contribution is -2.74. The number of piperidine rings is 1. The fourth-order valence-electron chi connectivity index (χ4n) is 6.74. The lowest BCUT2D eigenvalue weighted by Gasteiger charge is -2.61. The molecule has 2 N–H and O–H groups in total. The molecule has 1 aromatic rings. The van der Waals surface area contributed by atoms with E-state index in [9.17, 15) is 29.4 Å². The van der Waals surface area contributed by atoms with Crippen LogP contribution in [0, 0.1) is 0 Å². The average molecular weight is 560 g/mol. The highest BCUT2D eigenvalue weighted by atomic mass is 16.6. The zero-order chi connectivity index (χ0) is 29.1. The molecular weight excluding hydrogens is 526 g/mol. The summed E-state index contributed by atoms with van der Waals surface area (Å²) in [5.74, 6) is -3.97. The van der Waals surface area contributed by atoms with Gasteiger partial charge in [0.05, 0.1) is 17.1 Å². The standard InChI is InChI=1S/C28H33NO11/c1-13(2)36-25(33)22(37-14(3)30)23(38-15(4)31)26(34)39-18-8-9-28(35)19-12-16-6-7-17(32)21-20(16)27(28,24(18)40-21)10-11-29(19)5/h6-8,13,19,22-24,32,35H,9-12H2,1-5H3/t19-,22-,23-,24?,27?,28-/m1/s1. The lowest BCUT2D eigenvalue weighted by atomic mass is 9.50. The van der Waals surface area contributed by atoms with Crippen LogP contribution in [-0.2, 0) is 50.0 Å². The van der Waals surface area contributed by atoms with Gasteiger partial charge in [0.1, 0.15) is 5.76 Å². The smallest absolute Gasteiger partial charge is 0.357 e. The number of nitrogens with zero attached hydrogens (tertiary/aromatic N) is 1. The van der Waals surface area contributed by atoms with Gasteiger partial charge in [-0.15, -0.1) is 0 Å². The summed E-state index contributed by atoms with van der Waals surface area (Å²) < 4.78 is 27.3. The molecule has 12 heteroatoms. The van der Waals surface area contributed by atoms with Crippen LogP contribution in [0.5, 0.6) is 11.5 Å². The normalized spacial score (nSPS) is 29.3. The van der Waals surface area contributed by atoms with E-state index >= 15 is 0 Å². The van der Waals surface area contributed by atoms with Gasteiger partial charge < -0.3 is 38.8 Å². The molecule has 216 valence electrons. The van der Waals surface area contributed by atoms with Gasteiger partial charge in [-0.2, -0.15) is 0 Å². The van der Waals surface area contributed by atoms with Crippen LogP contribution in [0.15, 0.2) is 24.0 Å². The minimum Gasteiger partial charge on any atom is -0.504 e. The zero-order valence-electron chi connectivity index (χ0n) is 23.0. The maximum atomic E-state index is 13.5. The Hall–Kier alpha value is -3.64. The first-order valence-corrected chi connectivity index (χ1v) is 13.2. The summed E-state index contributed by atoms with van der Waals surface area (Å²) in [5, 5.41) is 22.9. The zero-order valence-corrected chi connectivity index (χ0v) is 23.0. The van der Waals surface area contributed by atoms with E-state index in [1.165, 1.54) is 0 Å². The van der Waals surface area contributed by atoms with E-state index in [1.54, 1.807) is 26.0 Å². The van der Waals surface area contributed by atoms with Gasteiger partial charge in [0, 0.05) is 31.9 Å². The Balaban J connectivity index is 1.53. The number of phenols is 1. The molecule has 2 aliphatic heterocycles. The number of carbonyl (C=O) groups excluding carboxylic acids is 4. The molecule has 2 aliphatic carbocycles. The molecule has 0 radical (unpaired) electrons. The van der Waals surface area contributed by atoms with Gasteiger partial charge in [-0.25, -0.2) is 9.59 Å². The van der Waals surface area contributed by atoms with Gasteiger partial charge in [0.15, 0.2) is 17.6 Å². The highest BCUT2D eigenvalue weighted by Gasteiger charge is 2.72. The first-order valence-electron chi connectivity index (χ1n) is 13.2. The summed E-state index contributed by atoms with van der Waals surface area (Å²) >= 11 is 0. The van der Waals surface area contributed by atoms with Crippen LogP contribution in [0.3, 0.4) is 0 Å². The third kappa shape index (κ3) is 4.12. The van der Waals surface area contributed by atoms with Gasteiger partial charge >= 0.3 is 23.9 Å². The number of esters is 4. The van der Waals surface area contributed by atoms with Crippen molar-refractivity contribution in [1.82, 2.24) is 4.90 Å². The Morgan fingerprint density at radius 2 is 1.70 bits per heavy atom. The number of rotatable bonds is 7. The summed E-state index contributed by atoms with van der Waals surface area (Å²) in [6, 6.07) is 3.10. The van der Waals surface area contributed by atoms with Crippen LogP contribution in [0.25, 0.3) is 0 Å². The molecule has 1 saturated heterocycles. The van der Waals surface area contributed by atoms with Crippen molar-refractivity contribution in [2.45, 2.75) is 88.4 Å². The number of phenolic OH excluding ortho intramolecular Hbond substituents is 1. The Morgan fingerprint density at radius 3 is 2.33 bits per heavy atom. The molecule has 0 amide bonds. The van der Waals surface area contributed by atoms with Gasteiger partial charge in [0.25, 0.3) is 0 Å². The van der Waals surface area contributed by atoms with Crippen LogP contribution in [0.4, 0.5) is 0 Å². The predicted octanol–water partition coefficient (Wildman–Crippen LogP) is 1.03. The van der Waals surface area contributed by atoms with E-state index in [0.29, 0.717) is 24.9 Å². The van der Waals surface area contributed by atoms with E-state index in [0.717, 1.165) is 19.4 Å². The quantitative estimate of drug-likeness (QED) is 0.362. The van der Waals surface area contributed by atoms with E-state index in [-0.39, 0.29) is 29.7 Å². The van der Waals surface area contributed by atoms with Crippen molar-refractivity contribution >= 4 is 23.9 Å². The van der Waals surface area contributed by atoms with Gasteiger partial charge in [-0.3, -0.25) is 9.59 Å². The SMILES string of the molecule is CC(=O)O[C@@H](C(=O)OC1=CC[C@@]2(O)[C@H]3Cc4ccc(O)c5c4C2(CCN3C)C1O5)[C@@H](OC(C)=O)C(=O)OC(C)C. The highest BCUT2D eigenvalue weighted by Crippen LogP contribution is 2.65. The summed E-state index contributed by atoms with van der Waals surface area (Å²) in [6.07, 6.45) is -2.86. The minimum absolute atomic E-state index is 0.0254. The van der Waals surface area contributed by atoms with Crippen LogP contribution < -0.4 is 4.74 Å². The second-order valence-corrected chi connectivity index (χ2v) is 11.1. The van der Waals surface area contributed by atoms with Gasteiger partial charge in [-0.1, -0.05) is 6.07 Å². The molecule has 2 unspecified atom stereocenters. The topological polar surface area (TPSA) is 158 Å². The summed E-state index contributed by atoms with van der Waals surface area (Å²) in [7, 11) is 1.95. The maximum absolute atomic E-state index is 13.5. The number of benzene rings is 1. The molecule has 12 nitrogen and oxygen atoms in total. The molecule has 1 fully saturated rings. The summed E-state index contributed by atoms with van der Waals surface area (Å²) in [6.45, 7) is 5.80. The average Bonchev–Trinajstić information content (AvgIpc) is 3.22. The molecule has 0 aromatic heterocycles. The molecule has 1 aromatic carbocycles. The predicted molar refractivity (Wildman–Crippen MR) is 135 cm³/mol. The molecule has 0 saturated carbocycles. The Labute approximate surface area is 230 Å². The van der Waals surface area contributed by atoms with Gasteiger partial charge in [-0.05, 0) is 58.0 Å². The van der Waals surface area contributed by atoms with Crippen molar-refractivity contribution in [3.8, 4) is 11.5 Å². The minimum atomic E-state index is -1.98.